The number of aromatic nitrogens is 20. The van der Waals surface area contributed by atoms with Crippen molar-refractivity contribution in [2.75, 3.05) is 24.9 Å². The van der Waals surface area contributed by atoms with Gasteiger partial charge in [-0.3, -0.25) is 0 Å². The first kappa shape index (κ1) is 90.1. The van der Waals surface area contributed by atoms with Crippen molar-refractivity contribution >= 4 is 23.2 Å². The number of pyridine rings is 4. The Kier molecular flexibility index (Phi) is 28.4. The molecule has 0 amide bonds. The first-order chi connectivity index (χ1) is 61.2. The largest absolute Gasteiger partial charge is 0.479 e. The van der Waals surface area contributed by atoms with E-state index in [4.69, 9.17) is 51.4 Å². The van der Waals surface area contributed by atoms with Gasteiger partial charge in [0.25, 0.3) is 0 Å². The van der Waals surface area contributed by atoms with Crippen molar-refractivity contribution in [3.05, 3.63) is 295 Å². The molecule has 17 rings (SSSR count). The van der Waals surface area contributed by atoms with Gasteiger partial charge in [0, 0.05) is 42.3 Å². The van der Waals surface area contributed by atoms with Gasteiger partial charge in [-0.15, -0.1) is 30.6 Å². The van der Waals surface area contributed by atoms with Crippen LogP contribution in [0, 0.1) is 68.2 Å². The average Bonchev–Trinajstić information content (AvgIpc) is 1.63. The highest BCUT2D eigenvalue weighted by molar-refractivity contribution is 6.31. The Morgan fingerprint density at radius 1 is 0.433 bits per heavy atom. The number of aliphatic hydroxyl groups is 2. The standard InChI is InChI=1S/C29H33N5O.C28H31N5O.C24H25ClN6O.C19H24N6O/c1-18(2)24(21-11-9-19(3)10-12-21)15-26-22-7-6-8-23(22)28(33-32-26)25-13-14-27(29(31-25)35-5)34-16-20(4)30-17-34;1-18-9-11-20(12-10-18)28(3,4)15-24-21-7-6-8-22(21)26(32-31-24)23-13-14-25(27(30-23)34-5)33-16-19(2)29-17-33;1-14-5-6-18(19(25)9-14)17(4)27-24-15(2)10-21(29-30-24)20-7-8-23(22(12-32)28-20)31-11-16(3)26-13-31;1-5-13(3)21-19-12(2)8-16(23-24-19)15-6-7-18(17(10-26)22-15)25-9-14(4)20-11-25/h9-14,16-18,24H,6-8,15H2,1-5H3;9-14,16-17H,6-8,15H2,1-5H3;5-11,13,17,32H,12H2,1-4H3,(H,27,30);6-9,11,13,26H,5,10H2,1-4H3,(H,21,24)/t24-;;17-;13-/m0.11/s1. The molecule has 0 unspecified atom stereocenters. The fraction of sp³-hybridized carbons (Fsp3) is 0.340. The molecule has 27 heteroatoms. The summed E-state index contributed by atoms with van der Waals surface area (Å²) in [6, 6.07) is 43.6. The van der Waals surface area contributed by atoms with Crippen molar-refractivity contribution in [1.82, 2.24) is 98.9 Å². The molecule has 4 N–H and O–H groups in total. The number of imidazole rings is 4. The molecule has 3 atom stereocenters. The molecule has 0 fully saturated rings. The number of benzene rings is 3. The number of hydrogen-bond donors (Lipinski definition) is 4. The van der Waals surface area contributed by atoms with Crippen LogP contribution in [0.15, 0.2) is 177 Å². The predicted octanol–water partition coefficient (Wildman–Crippen LogP) is 19.2. The zero-order chi connectivity index (χ0) is 89.9. The maximum atomic E-state index is 9.85. The van der Waals surface area contributed by atoms with Crippen molar-refractivity contribution < 1.29 is 19.7 Å². The number of anilines is 2. The molecule has 0 aliphatic heterocycles. The minimum atomic E-state index is -0.193. The molecule has 654 valence electrons. The number of ether oxygens (including phenoxy) is 2. The summed E-state index contributed by atoms with van der Waals surface area (Å²) in [5.74, 6) is 3.50. The topological polar surface area (TPSA) is 309 Å². The highest BCUT2D eigenvalue weighted by atomic mass is 35.5. The predicted molar refractivity (Wildman–Crippen MR) is 499 cm³/mol. The van der Waals surface area contributed by atoms with Gasteiger partial charge >= 0.3 is 0 Å². The monoisotopic (exact) mass is 1720 g/mol. The van der Waals surface area contributed by atoms with Crippen LogP contribution in [0.2, 0.25) is 5.02 Å². The Bertz CT molecular complexity index is 6370. The van der Waals surface area contributed by atoms with Crippen LogP contribution in [0.5, 0.6) is 11.8 Å². The van der Waals surface area contributed by atoms with E-state index in [-0.39, 0.29) is 24.7 Å². The summed E-state index contributed by atoms with van der Waals surface area (Å²) in [5, 5.41) is 63.4. The van der Waals surface area contributed by atoms with E-state index in [0.717, 1.165) is 171 Å². The molecule has 0 bridgehead atoms. The summed E-state index contributed by atoms with van der Waals surface area (Å²) in [7, 11) is 3.29. The Hall–Kier alpha value is -13.2. The molecule has 2 aliphatic carbocycles. The third kappa shape index (κ3) is 21.0. The van der Waals surface area contributed by atoms with Gasteiger partial charge in [-0.25, -0.2) is 39.9 Å². The molecule has 3 aromatic carbocycles. The maximum Gasteiger partial charge on any atom is 0.238 e. The number of rotatable bonds is 25. The second-order valence-electron chi connectivity index (χ2n) is 34.2. The Balaban J connectivity index is 0.000000138. The summed E-state index contributed by atoms with van der Waals surface area (Å²) < 4.78 is 18.8. The van der Waals surface area contributed by atoms with Crippen LogP contribution in [0.1, 0.15) is 192 Å². The Morgan fingerprint density at radius 2 is 0.850 bits per heavy atom. The number of aryl methyl sites for hydroxylation is 9. The molecule has 127 heavy (non-hydrogen) atoms. The fourth-order valence-electron chi connectivity index (χ4n) is 16.2. The van der Waals surface area contributed by atoms with Crippen molar-refractivity contribution in [3.63, 3.8) is 0 Å². The van der Waals surface area contributed by atoms with Gasteiger partial charge in [0.1, 0.15) is 34.2 Å². The van der Waals surface area contributed by atoms with E-state index in [0.29, 0.717) is 69.6 Å². The number of nitrogens with zero attached hydrogens (tertiary/aromatic N) is 20. The van der Waals surface area contributed by atoms with Gasteiger partial charge in [0.2, 0.25) is 11.8 Å². The highest BCUT2D eigenvalue weighted by Crippen LogP contribution is 2.40. The van der Waals surface area contributed by atoms with Gasteiger partial charge in [0.05, 0.1) is 138 Å². The Morgan fingerprint density at radius 3 is 1.28 bits per heavy atom. The minimum Gasteiger partial charge on any atom is -0.479 e. The van der Waals surface area contributed by atoms with Gasteiger partial charge in [-0.1, -0.05) is 118 Å². The van der Waals surface area contributed by atoms with Gasteiger partial charge < -0.3 is 48.6 Å². The van der Waals surface area contributed by atoms with Gasteiger partial charge in [-0.05, 0) is 267 Å². The summed E-state index contributed by atoms with van der Waals surface area (Å²) in [6.45, 7) is 33.1. The highest BCUT2D eigenvalue weighted by Gasteiger charge is 2.31. The number of methoxy groups -OCH3 is 2. The van der Waals surface area contributed by atoms with E-state index in [1.165, 1.54) is 44.5 Å². The molecule has 12 aromatic heterocycles. The average molecular weight is 1720 g/mol. The van der Waals surface area contributed by atoms with Crippen LogP contribution in [0.25, 0.3) is 68.3 Å². The molecular formula is C100H113ClN22O4. The van der Waals surface area contributed by atoms with Crippen molar-refractivity contribution in [1.29, 1.82) is 0 Å². The normalized spacial score (nSPS) is 12.9. The lowest BCUT2D eigenvalue weighted by Gasteiger charge is -2.26. The second-order valence-corrected chi connectivity index (χ2v) is 34.6. The zero-order valence-electron chi connectivity index (χ0n) is 75.9. The molecule has 0 spiro atoms. The summed E-state index contributed by atoms with van der Waals surface area (Å²) in [6.07, 6.45) is 23.8. The van der Waals surface area contributed by atoms with E-state index in [2.05, 4.69) is 165 Å². The van der Waals surface area contributed by atoms with E-state index < -0.39 is 0 Å². The summed E-state index contributed by atoms with van der Waals surface area (Å²) in [5.41, 5.74) is 30.9. The molecule has 15 aromatic rings. The van der Waals surface area contributed by atoms with Crippen molar-refractivity contribution in [2.24, 2.45) is 5.92 Å². The number of nitrogens with one attached hydrogen (secondary N) is 2. The first-order valence-electron chi connectivity index (χ1n) is 43.4. The number of halogens is 1. The lowest BCUT2D eigenvalue weighted by Crippen LogP contribution is -2.22. The summed E-state index contributed by atoms with van der Waals surface area (Å²) in [4.78, 5) is 35.9. The van der Waals surface area contributed by atoms with E-state index in [9.17, 15) is 10.2 Å². The lowest BCUT2D eigenvalue weighted by atomic mass is 9.79. The second kappa shape index (κ2) is 40.0. The number of hydrogen-bond acceptors (Lipinski definition) is 22. The van der Waals surface area contributed by atoms with Crippen LogP contribution in [0.4, 0.5) is 11.6 Å². The zero-order valence-corrected chi connectivity index (χ0v) is 76.6. The molecule has 12 heterocycles. The van der Waals surface area contributed by atoms with Crippen LogP contribution >= 0.6 is 11.6 Å². The van der Waals surface area contributed by atoms with E-state index in [1.807, 2.05) is 177 Å². The molecule has 26 nitrogen and oxygen atoms in total. The third-order valence-electron chi connectivity index (χ3n) is 23.6. The third-order valence-corrected chi connectivity index (χ3v) is 23.9. The minimum absolute atomic E-state index is 0.0215. The van der Waals surface area contributed by atoms with Gasteiger partial charge in [-0.2, -0.15) is 10.2 Å². The van der Waals surface area contributed by atoms with Crippen LogP contribution in [0.3, 0.4) is 0 Å². The quantitative estimate of drug-likeness (QED) is 0.0413. The first-order valence-corrected chi connectivity index (χ1v) is 43.8. The van der Waals surface area contributed by atoms with E-state index >= 15 is 0 Å². The van der Waals surface area contributed by atoms with Gasteiger partial charge in [0.15, 0.2) is 11.6 Å². The van der Waals surface area contributed by atoms with Crippen molar-refractivity contribution in [2.45, 2.75) is 205 Å². The van der Waals surface area contributed by atoms with Crippen molar-refractivity contribution in [3.8, 4) is 80.1 Å². The van der Waals surface area contributed by atoms with Crippen LogP contribution in [-0.2, 0) is 57.2 Å². The molecule has 0 radical (unpaired) electrons. The molecule has 2 aliphatic rings. The number of fused-ring (bicyclic) bond motifs is 2. The Labute approximate surface area is 748 Å². The molecule has 0 saturated heterocycles. The smallest absolute Gasteiger partial charge is 0.238 e. The molecular weight excluding hydrogens is 1610 g/mol. The molecule has 0 saturated carbocycles. The number of aliphatic hydroxyl groups excluding tert-OH is 2. The van der Waals surface area contributed by atoms with Crippen LogP contribution in [-0.4, -0.2) is 129 Å². The fourth-order valence-corrected chi connectivity index (χ4v) is 16.6. The lowest BCUT2D eigenvalue weighted by molar-refractivity contribution is 0.276. The van der Waals surface area contributed by atoms with E-state index in [1.54, 1.807) is 39.5 Å². The SMILES string of the molecule is CC[C@@H](C)Nc1nnc(-c2ccc(-n3cnc(C)c3)c(CO)n2)cc1C.COc1nc(-c2nnc(CC(C)(C)c3ccc(C)cc3)c3c2CCC3)ccc1-n1cnc(C)c1.COc1nc(-c2nnc(C[C@H](c3ccc(C)cc3)C(C)C)c3c2CCC3)ccc1-n1cnc(C)c1.Cc1ccc([C@@H](C)Nc2nnc(-c3ccc(-n4cnc(C)c4)c(CO)n3)cc2C)c(Cl)c1. The summed E-state index contributed by atoms with van der Waals surface area (Å²) >= 11 is 6.41. The maximum absolute atomic E-state index is 9.85. The van der Waals surface area contributed by atoms with Crippen LogP contribution < -0.4 is 20.1 Å².